The highest BCUT2D eigenvalue weighted by Crippen LogP contribution is 2.37. The summed E-state index contributed by atoms with van der Waals surface area (Å²) in [6.45, 7) is 4.62. The molecule has 128 valence electrons. The van der Waals surface area contributed by atoms with Crippen molar-refractivity contribution in [2.24, 2.45) is 11.3 Å². The molecule has 5 heteroatoms. The molecule has 0 heterocycles. The number of benzene rings is 1. The molecule has 2 amide bonds. The second kappa shape index (κ2) is 7.77. The minimum atomic E-state index is -0.267. The number of nitrogens with one attached hydrogen (secondary N) is 2. The summed E-state index contributed by atoms with van der Waals surface area (Å²) in [5.41, 5.74) is 0.800. The molecule has 1 aromatic rings. The molecule has 4 nitrogen and oxygen atoms in total. The fraction of sp³-hybridized carbons (Fsp3) is 0.611. The van der Waals surface area contributed by atoms with E-state index in [1.54, 1.807) is 12.1 Å². The number of aliphatic hydroxyl groups excluding tert-OH is 1. The average Bonchev–Trinajstić information content (AvgIpc) is 2.43. The Morgan fingerprint density at radius 3 is 2.52 bits per heavy atom. The van der Waals surface area contributed by atoms with E-state index in [1.165, 1.54) is 18.6 Å². The van der Waals surface area contributed by atoms with Gasteiger partial charge in [-0.05, 0) is 48.3 Å². The number of halogens is 1. The third-order valence-electron chi connectivity index (χ3n) is 4.65. The van der Waals surface area contributed by atoms with Gasteiger partial charge < -0.3 is 15.7 Å². The maximum atomic E-state index is 13.1. The fourth-order valence-electron chi connectivity index (χ4n) is 2.82. The van der Waals surface area contributed by atoms with E-state index < -0.39 is 0 Å². The second-order valence-corrected chi connectivity index (χ2v) is 7.19. The van der Waals surface area contributed by atoms with Crippen LogP contribution in [0.3, 0.4) is 0 Å². The van der Waals surface area contributed by atoms with Gasteiger partial charge in [-0.3, -0.25) is 0 Å². The van der Waals surface area contributed by atoms with Gasteiger partial charge in [-0.25, -0.2) is 9.18 Å². The minimum absolute atomic E-state index is 0.0784. The Kier molecular flexibility index (Phi) is 5.99. The zero-order valence-corrected chi connectivity index (χ0v) is 13.9. The van der Waals surface area contributed by atoms with Crippen LogP contribution < -0.4 is 10.6 Å². The molecule has 1 unspecified atom stereocenters. The van der Waals surface area contributed by atoms with Crippen LogP contribution >= 0.6 is 0 Å². The number of carbonyl (C=O) groups excluding carboxylic acids is 1. The van der Waals surface area contributed by atoms with E-state index in [0.29, 0.717) is 18.9 Å². The Hall–Kier alpha value is -1.62. The number of amides is 2. The summed E-state index contributed by atoms with van der Waals surface area (Å²) in [4.78, 5) is 12.2. The van der Waals surface area contributed by atoms with Crippen molar-refractivity contribution < 1.29 is 14.3 Å². The van der Waals surface area contributed by atoms with Crippen LogP contribution in [0.2, 0.25) is 0 Å². The van der Waals surface area contributed by atoms with E-state index in [9.17, 15) is 9.18 Å². The van der Waals surface area contributed by atoms with Gasteiger partial charge >= 0.3 is 6.03 Å². The van der Waals surface area contributed by atoms with Crippen LogP contribution in [0.15, 0.2) is 24.3 Å². The van der Waals surface area contributed by atoms with Crippen LogP contribution in [0.4, 0.5) is 9.18 Å². The first kappa shape index (κ1) is 17.7. The van der Waals surface area contributed by atoms with E-state index >= 15 is 0 Å². The van der Waals surface area contributed by atoms with E-state index in [-0.39, 0.29) is 29.9 Å². The van der Waals surface area contributed by atoms with Crippen molar-refractivity contribution >= 4 is 6.03 Å². The quantitative estimate of drug-likeness (QED) is 0.721. The van der Waals surface area contributed by atoms with Crippen molar-refractivity contribution in [3.63, 3.8) is 0 Å². The van der Waals surface area contributed by atoms with Gasteiger partial charge in [-0.15, -0.1) is 0 Å². The molecule has 1 saturated carbocycles. The van der Waals surface area contributed by atoms with Gasteiger partial charge in [0.05, 0.1) is 6.04 Å². The molecular weight excluding hydrogens is 295 g/mol. The summed E-state index contributed by atoms with van der Waals surface area (Å²) >= 11 is 0. The van der Waals surface area contributed by atoms with E-state index in [4.69, 9.17) is 5.11 Å². The summed E-state index contributed by atoms with van der Waals surface area (Å²) < 4.78 is 13.1. The lowest BCUT2D eigenvalue weighted by molar-refractivity contribution is 0.191. The lowest BCUT2D eigenvalue weighted by atomic mass is 9.77. The Morgan fingerprint density at radius 2 is 2.00 bits per heavy atom. The van der Waals surface area contributed by atoms with Gasteiger partial charge in [0.2, 0.25) is 0 Å². The molecule has 0 radical (unpaired) electrons. The molecule has 2 rings (SSSR count). The first-order valence-electron chi connectivity index (χ1n) is 8.32. The van der Waals surface area contributed by atoms with Crippen LogP contribution in [0.1, 0.15) is 51.1 Å². The first-order valence-corrected chi connectivity index (χ1v) is 8.32. The molecule has 1 aliphatic rings. The van der Waals surface area contributed by atoms with Crippen molar-refractivity contribution in [2.75, 3.05) is 13.2 Å². The highest BCUT2D eigenvalue weighted by Gasteiger charge is 2.30. The van der Waals surface area contributed by atoms with Crippen LogP contribution in [0.5, 0.6) is 0 Å². The van der Waals surface area contributed by atoms with Crippen LogP contribution in [-0.4, -0.2) is 24.3 Å². The number of hydrogen-bond acceptors (Lipinski definition) is 2. The Bertz CT molecular complexity index is 512. The summed E-state index contributed by atoms with van der Waals surface area (Å²) in [7, 11) is 0. The first-order chi connectivity index (χ1) is 10.9. The number of rotatable bonds is 7. The van der Waals surface area contributed by atoms with Crippen molar-refractivity contribution in [1.29, 1.82) is 0 Å². The maximum absolute atomic E-state index is 13.1. The van der Waals surface area contributed by atoms with Gasteiger partial charge in [-0.2, -0.15) is 0 Å². The molecule has 23 heavy (non-hydrogen) atoms. The second-order valence-electron chi connectivity index (χ2n) is 7.19. The van der Waals surface area contributed by atoms with Crippen molar-refractivity contribution in [1.82, 2.24) is 10.6 Å². The van der Waals surface area contributed by atoms with Crippen molar-refractivity contribution in [2.45, 2.75) is 45.6 Å². The molecule has 1 atom stereocenters. The third kappa shape index (κ3) is 5.20. The minimum Gasteiger partial charge on any atom is -0.396 e. The topological polar surface area (TPSA) is 61.4 Å². The Morgan fingerprint density at radius 1 is 1.35 bits per heavy atom. The molecule has 1 aliphatic carbocycles. The number of aliphatic hydroxyl groups is 1. The fourth-order valence-corrected chi connectivity index (χ4v) is 2.82. The lowest BCUT2D eigenvalue weighted by Gasteiger charge is -2.35. The normalized spacial score (nSPS) is 16.5. The van der Waals surface area contributed by atoms with E-state index in [1.807, 2.05) is 13.8 Å². The summed E-state index contributed by atoms with van der Waals surface area (Å²) in [6.07, 6.45) is 3.98. The number of hydrogen-bond donors (Lipinski definition) is 3. The highest BCUT2D eigenvalue weighted by molar-refractivity contribution is 5.74. The van der Waals surface area contributed by atoms with Gasteiger partial charge in [0.25, 0.3) is 0 Å². The molecule has 0 aliphatic heterocycles. The molecular formula is C18H27FN2O2. The lowest BCUT2D eigenvalue weighted by Crippen LogP contribution is -2.45. The van der Waals surface area contributed by atoms with Crippen LogP contribution in [0.25, 0.3) is 0 Å². The Labute approximate surface area is 137 Å². The summed E-state index contributed by atoms with van der Waals surface area (Å²) in [5.74, 6) is 0.146. The maximum Gasteiger partial charge on any atom is 0.315 e. The zero-order valence-electron chi connectivity index (χ0n) is 13.9. The molecule has 3 N–H and O–H groups in total. The Balaban J connectivity index is 1.95. The van der Waals surface area contributed by atoms with Gasteiger partial charge in [-0.1, -0.05) is 32.4 Å². The molecule has 1 fully saturated rings. The zero-order chi connectivity index (χ0) is 16.9. The van der Waals surface area contributed by atoms with Gasteiger partial charge in [0.1, 0.15) is 5.82 Å². The molecule has 0 aromatic heterocycles. The van der Waals surface area contributed by atoms with Crippen molar-refractivity contribution in [3.05, 3.63) is 35.6 Å². The van der Waals surface area contributed by atoms with Crippen LogP contribution in [0, 0.1) is 17.2 Å². The van der Waals surface area contributed by atoms with E-state index in [2.05, 4.69) is 10.6 Å². The van der Waals surface area contributed by atoms with Gasteiger partial charge in [0, 0.05) is 13.2 Å². The van der Waals surface area contributed by atoms with Crippen molar-refractivity contribution in [3.8, 4) is 0 Å². The third-order valence-corrected chi connectivity index (χ3v) is 4.65. The number of urea groups is 1. The molecule has 0 bridgehead atoms. The highest BCUT2D eigenvalue weighted by atomic mass is 19.1. The predicted octanol–water partition coefficient (Wildman–Crippen LogP) is 3.37. The number of carbonyl (C=O) groups is 1. The SMILES string of the molecule is CC(C)(CCO)CNC(=O)NC(c1ccc(F)cc1)C1CCC1. The predicted molar refractivity (Wildman–Crippen MR) is 88.5 cm³/mol. The average molecular weight is 322 g/mol. The standard InChI is InChI=1S/C18H27FN2O2/c1-18(2,10-11-22)12-20-17(23)21-16(13-4-3-5-13)14-6-8-15(19)9-7-14/h6-9,13,16,22H,3-5,10-12H2,1-2H3,(H2,20,21,23). The van der Waals surface area contributed by atoms with Crippen LogP contribution in [-0.2, 0) is 0 Å². The smallest absolute Gasteiger partial charge is 0.315 e. The molecule has 0 spiro atoms. The summed E-state index contributed by atoms with van der Waals surface area (Å²) in [6, 6.07) is 6.07. The monoisotopic (exact) mass is 322 g/mol. The van der Waals surface area contributed by atoms with Gasteiger partial charge in [0.15, 0.2) is 0 Å². The van der Waals surface area contributed by atoms with E-state index in [0.717, 1.165) is 18.4 Å². The largest absolute Gasteiger partial charge is 0.396 e. The molecule has 1 aromatic carbocycles. The summed E-state index contributed by atoms with van der Waals surface area (Å²) in [5, 5.41) is 15.0. The molecule has 0 saturated heterocycles.